The van der Waals surface area contributed by atoms with Gasteiger partial charge in [0.05, 0.1) is 0 Å². The van der Waals surface area contributed by atoms with Gasteiger partial charge in [-0.25, -0.2) is 0 Å². The highest BCUT2D eigenvalue weighted by Crippen LogP contribution is 2.17. The number of nitriles is 1. The minimum atomic E-state index is -0.366. The van der Waals surface area contributed by atoms with Crippen molar-refractivity contribution in [3.05, 3.63) is 11.8 Å². The van der Waals surface area contributed by atoms with Gasteiger partial charge in [-0.3, -0.25) is 9.59 Å². The van der Waals surface area contributed by atoms with Gasteiger partial charge in [0.15, 0.2) is 0 Å². The Morgan fingerprint density at radius 1 is 1.42 bits per heavy atom. The van der Waals surface area contributed by atoms with Crippen molar-refractivity contribution in [1.29, 1.82) is 5.26 Å². The molecule has 1 saturated heterocycles. The molecule has 104 valence electrons. The van der Waals surface area contributed by atoms with Gasteiger partial charge in [-0.05, 0) is 26.7 Å². The van der Waals surface area contributed by atoms with Gasteiger partial charge < -0.3 is 16.0 Å². The molecule has 1 fully saturated rings. The van der Waals surface area contributed by atoms with Crippen molar-refractivity contribution in [3.8, 4) is 6.07 Å². The predicted molar refractivity (Wildman–Crippen MR) is 70.5 cm³/mol. The second-order valence-electron chi connectivity index (χ2n) is 5.00. The van der Waals surface area contributed by atoms with Gasteiger partial charge in [0.2, 0.25) is 5.91 Å². The number of nitrogens with zero attached hydrogens (tertiary/aromatic N) is 2. The Hall–Kier alpha value is -2.03. The number of nitrogens with two attached hydrogens (primary N) is 1. The van der Waals surface area contributed by atoms with Crippen LogP contribution < -0.4 is 11.1 Å². The van der Waals surface area contributed by atoms with Gasteiger partial charge in [0.1, 0.15) is 11.6 Å². The number of carbonyl (C=O) groups excluding carboxylic acids is 2. The molecule has 0 spiro atoms. The summed E-state index contributed by atoms with van der Waals surface area (Å²) in [7, 11) is 0. The van der Waals surface area contributed by atoms with Crippen molar-refractivity contribution in [3.63, 3.8) is 0 Å². The lowest BCUT2D eigenvalue weighted by Crippen LogP contribution is -2.37. The average Bonchev–Trinajstić information content (AvgIpc) is 2.35. The van der Waals surface area contributed by atoms with Crippen LogP contribution in [0.1, 0.15) is 26.7 Å². The summed E-state index contributed by atoms with van der Waals surface area (Å²) in [5.41, 5.74) is 5.34. The number of hydrogen-bond acceptors (Lipinski definition) is 4. The van der Waals surface area contributed by atoms with E-state index in [9.17, 15) is 9.59 Å². The van der Waals surface area contributed by atoms with Crippen LogP contribution in [0.2, 0.25) is 0 Å². The highest BCUT2D eigenvalue weighted by molar-refractivity contribution is 5.97. The van der Waals surface area contributed by atoms with Gasteiger partial charge in [-0.1, -0.05) is 0 Å². The summed E-state index contributed by atoms with van der Waals surface area (Å²) in [6.45, 7) is 4.94. The van der Waals surface area contributed by atoms with Crippen molar-refractivity contribution in [2.45, 2.75) is 32.7 Å². The molecule has 0 unspecified atom stereocenters. The molecule has 0 radical (unpaired) electrons. The van der Waals surface area contributed by atoms with E-state index in [2.05, 4.69) is 5.32 Å². The Bertz CT molecular complexity index is 415. The van der Waals surface area contributed by atoms with Gasteiger partial charge in [0.25, 0.3) is 5.91 Å². The number of primary amides is 1. The summed E-state index contributed by atoms with van der Waals surface area (Å²) in [6.07, 6.45) is 2.89. The largest absolute Gasteiger partial charge is 0.376 e. The van der Waals surface area contributed by atoms with E-state index in [1.165, 1.54) is 0 Å². The number of carbonyl (C=O) groups is 2. The van der Waals surface area contributed by atoms with Crippen LogP contribution in [0.25, 0.3) is 0 Å². The smallest absolute Gasteiger partial charge is 0.263 e. The van der Waals surface area contributed by atoms with E-state index in [-0.39, 0.29) is 29.3 Å². The zero-order valence-electron chi connectivity index (χ0n) is 11.3. The second kappa shape index (κ2) is 6.78. The monoisotopic (exact) mass is 264 g/mol. The molecule has 19 heavy (non-hydrogen) atoms. The fourth-order valence-corrected chi connectivity index (χ4v) is 1.97. The van der Waals surface area contributed by atoms with Gasteiger partial charge in [0, 0.05) is 31.2 Å². The summed E-state index contributed by atoms with van der Waals surface area (Å²) in [6, 6.07) is 1.89. The molecule has 0 saturated carbocycles. The third-order valence-electron chi connectivity index (χ3n) is 3.03. The van der Waals surface area contributed by atoms with Crippen LogP contribution in [0, 0.1) is 17.2 Å². The van der Waals surface area contributed by atoms with Gasteiger partial charge in [-0.2, -0.15) is 5.26 Å². The van der Waals surface area contributed by atoms with E-state index in [4.69, 9.17) is 11.0 Å². The molecule has 0 aromatic heterocycles. The number of amides is 2. The molecule has 1 aliphatic rings. The molecule has 0 aromatic rings. The van der Waals surface area contributed by atoms with Crippen LogP contribution >= 0.6 is 0 Å². The molecule has 3 N–H and O–H groups in total. The van der Waals surface area contributed by atoms with Gasteiger partial charge >= 0.3 is 0 Å². The summed E-state index contributed by atoms with van der Waals surface area (Å²) in [4.78, 5) is 24.7. The predicted octanol–water partition coefficient (Wildman–Crippen LogP) is 0.116. The lowest BCUT2D eigenvalue weighted by molar-refractivity contribution is -0.123. The van der Waals surface area contributed by atoms with Gasteiger partial charge in [-0.15, -0.1) is 0 Å². The number of rotatable bonds is 4. The maximum Gasteiger partial charge on any atom is 0.263 e. The number of likely N-dealkylation sites (tertiary alicyclic amines) is 1. The van der Waals surface area contributed by atoms with Crippen LogP contribution in [0.3, 0.4) is 0 Å². The third-order valence-corrected chi connectivity index (χ3v) is 3.03. The highest BCUT2D eigenvalue weighted by atomic mass is 16.2. The standard InChI is InChI=1S/C13H20N4O2/c1-9(2)16-13(19)11(7-14)8-17-5-3-10(4-6-17)12(15)18/h8-10H,3-6H2,1-2H3,(H2,15,18)(H,16,19)/b11-8-. The van der Waals surface area contributed by atoms with Crippen LogP contribution in [-0.4, -0.2) is 35.8 Å². The summed E-state index contributed by atoms with van der Waals surface area (Å²) in [5, 5.41) is 11.7. The van der Waals surface area contributed by atoms with E-state index in [0.717, 1.165) is 0 Å². The van der Waals surface area contributed by atoms with Crippen LogP contribution in [0.15, 0.2) is 11.8 Å². The summed E-state index contributed by atoms with van der Waals surface area (Å²) in [5.74, 6) is -0.740. The maximum atomic E-state index is 11.7. The van der Waals surface area contributed by atoms with E-state index in [0.29, 0.717) is 25.9 Å². The molecule has 0 aliphatic carbocycles. The maximum absolute atomic E-state index is 11.7. The molecule has 2 amide bonds. The highest BCUT2D eigenvalue weighted by Gasteiger charge is 2.22. The summed E-state index contributed by atoms with van der Waals surface area (Å²) >= 11 is 0. The first kappa shape index (κ1) is 15.0. The minimum Gasteiger partial charge on any atom is -0.376 e. The number of nitrogens with one attached hydrogen (secondary N) is 1. The second-order valence-corrected chi connectivity index (χ2v) is 5.00. The first-order valence-corrected chi connectivity index (χ1v) is 6.40. The quantitative estimate of drug-likeness (QED) is 0.556. The van der Waals surface area contributed by atoms with Crippen molar-refractivity contribution in [2.24, 2.45) is 11.7 Å². The van der Waals surface area contributed by atoms with Crippen LogP contribution in [-0.2, 0) is 9.59 Å². The fourth-order valence-electron chi connectivity index (χ4n) is 1.97. The molecule has 0 aromatic carbocycles. The number of piperidine rings is 1. The van der Waals surface area contributed by atoms with Crippen molar-refractivity contribution in [2.75, 3.05) is 13.1 Å². The molecule has 0 bridgehead atoms. The topological polar surface area (TPSA) is 99.2 Å². The molecule has 0 atom stereocenters. The van der Waals surface area contributed by atoms with E-state index < -0.39 is 0 Å². The normalized spacial score (nSPS) is 17.2. The average molecular weight is 264 g/mol. The molecule has 1 heterocycles. The van der Waals surface area contributed by atoms with Crippen LogP contribution in [0.4, 0.5) is 0 Å². The lowest BCUT2D eigenvalue weighted by atomic mass is 9.96. The van der Waals surface area contributed by atoms with E-state index >= 15 is 0 Å². The van der Waals surface area contributed by atoms with Crippen LogP contribution in [0.5, 0.6) is 0 Å². The first-order valence-electron chi connectivity index (χ1n) is 6.40. The molecule has 6 heteroatoms. The lowest BCUT2D eigenvalue weighted by Gasteiger charge is -2.29. The first-order chi connectivity index (χ1) is 8.93. The summed E-state index contributed by atoms with van der Waals surface area (Å²) < 4.78 is 0. The SMILES string of the molecule is CC(C)NC(=O)/C(C#N)=C\N1CCC(C(N)=O)CC1. The molecule has 1 aliphatic heterocycles. The Morgan fingerprint density at radius 3 is 2.42 bits per heavy atom. The van der Waals surface area contributed by atoms with Crippen molar-refractivity contribution in [1.82, 2.24) is 10.2 Å². The Kier molecular flexibility index (Phi) is 5.37. The molecule has 6 nitrogen and oxygen atoms in total. The minimum absolute atomic E-state index is 0.00940. The third kappa shape index (κ3) is 4.62. The zero-order chi connectivity index (χ0) is 14.4. The molecule has 1 rings (SSSR count). The Morgan fingerprint density at radius 2 is 2.00 bits per heavy atom. The fraction of sp³-hybridized carbons (Fsp3) is 0.615. The van der Waals surface area contributed by atoms with Crippen molar-refractivity contribution >= 4 is 11.8 Å². The van der Waals surface area contributed by atoms with E-state index in [1.807, 2.05) is 24.8 Å². The molecular weight excluding hydrogens is 244 g/mol. The van der Waals surface area contributed by atoms with Crippen molar-refractivity contribution < 1.29 is 9.59 Å². The Labute approximate surface area is 113 Å². The zero-order valence-corrected chi connectivity index (χ0v) is 11.3. The molecular formula is C13H20N4O2. The number of hydrogen-bond donors (Lipinski definition) is 2. The van der Waals surface area contributed by atoms with E-state index in [1.54, 1.807) is 6.20 Å². The Balaban J connectivity index is 2.61.